The van der Waals surface area contributed by atoms with Crippen LogP contribution in [-0.4, -0.2) is 21.6 Å². The molecule has 0 aliphatic rings. The van der Waals surface area contributed by atoms with Crippen molar-refractivity contribution in [1.82, 2.24) is 9.97 Å². The van der Waals surface area contributed by atoms with Crippen molar-refractivity contribution in [2.75, 3.05) is 11.1 Å². The quantitative estimate of drug-likeness (QED) is 0.653. The second-order valence-electron chi connectivity index (χ2n) is 4.27. The van der Waals surface area contributed by atoms with Crippen LogP contribution in [0.15, 0.2) is 35.6 Å². The van der Waals surface area contributed by atoms with Gasteiger partial charge in [-0.2, -0.15) is 0 Å². The van der Waals surface area contributed by atoms with Gasteiger partial charge in [0.15, 0.2) is 0 Å². The lowest BCUT2D eigenvalue weighted by Crippen LogP contribution is -2.12. The Kier molecular flexibility index (Phi) is 5.85. The molecule has 7 heteroatoms. The van der Waals surface area contributed by atoms with E-state index in [1.807, 2.05) is 13.0 Å². The molecule has 0 atom stereocenters. The fraction of sp³-hybridized carbons (Fsp3) is 0.214. The number of carbonyl (C=O) groups excluding carboxylic acids is 1. The van der Waals surface area contributed by atoms with Gasteiger partial charge in [0.05, 0.1) is 15.7 Å². The SMILES string of the molecule is Cc1cc(SCCC(=O)Nc2ccc(Cl)cc2Cl)ncn1. The Bertz CT molecular complexity index is 652. The second-order valence-corrected chi connectivity index (χ2v) is 6.23. The number of halogens is 2. The number of amides is 1. The monoisotopic (exact) mass is 341 g/mol. The summed E-state index contributed by atoms with van der Waals surface area (Å²) in [6.45, 7) is 1.90. The molecule has 1 N–H and O–H groups in total. The first kappa shape index (κ1) is 16.1. The summed E-state index contributed by atoms with van der Waals surface area (Å²) in [5.41, 5.74) is 1.47. The van der Waals surface area contributed by atoms with Crippen molar-refractivity contribution in [3.05, 3.63) is 46.3 Å². The third kappa shape index (κ3) is 5.19. The number of hydrogen-bond acceptors (Lipinski definition) is 4. The van der Waals surface area contributed by atoms with Crippen LogP contribution in [0.4, 0.5) is 5.69 Å². The van der Waals surface area contributed by atoms with Crippen LogP contribution in [0.3, 0.4) is 0 Å². The summed E-state index contributed by atoms with van der Waals surface area (Å²) in [4.78, 5) is 20.0. The summed E-state index contributed by atoms with van der Waals surface area (Å²) in [5.74, 6) is 0.533. The van der Waals surface area contributed by atoms with Gasteiger partial charge in [-0.15, -0.1) is 11.8 Å². The summed E-state index contributed by atoms with van der Waals surface area (Å²) >= 11 is 13.3. The van der Waals surface area contributed by atoms with Crippen molar-refractivity contribution in [1.29, 1.82) is 0 Å². The minimum atomic E-state index is -0.0995. The Labute approximate surface area is 137 Å². The molecule has 0 spiro atoms. The molecule has 0 aliphatic carbocycles. The van der Waals surface area contributed by atoms with Gasteiger partial charge in [0.1, 0.15) is 6.33 Å². The number of thioether (sulfide) groups is 1. The molecule has 21 heavy (non-hydrogen) atoms. The Morgan fingerprint density at radius 3 is 2.81 bits per heavy atom. The van der Waals surface area contributed by atoms with Crippen LogP contribution in [0.2, 0.25) is 10.0 Å². The van der Waals surface area contributed by atoms with E-state index in [1.165, 1.54) is 18.1 Å². The molecule has 0 fully saturated rings. The number of nitrogens with one attached hydrogen (secondary N) is 1. The Morgan fingerprint density at radius 2 is 2.10 bits per heavy atom. The average molecular weight is 342 g/mol. The first-order chi connectivity index (χ1) is 10.0. The van der Waals surface area contributed by atoms with E-state index in [1.54, 1.807) is 18.2 Å². The zero-order chi connectivity index (χ0) is 15.2. The van der Waals surface area contributed by atoms with E-state index >= 15 is 0 Å². The van der Waals surface area contributed by atoms with E-state index in [2.05, 4.69) is 15.3 Å². The highest BCUT2D eigenvalue weighted by Gasteiger charge is 2.07. The smallest absolute Gasteiger partial charge is 0.225 e. The van der Waals surface area contributed by atoms with Gasteiger partial charge in [0.2, 0.25) is 5.91 Å². The van der Waals surface area contributed by atoms with E-state index in [9.17, 15) is 4.79 Å². The van der Waals surface area contributed by atoms with Crippen molar-refractivity contribution in [2.24, 2.45) is 0 Å². The van der Waals surface area contributed by atoms with Crippen LogP contribution >= 0.6 is 35.0 Å². The second kappa shape index (κ2) is 7.64. The largest absolute Gasteiger partial charge is 0.325 e. The first-order valence-electron chi connectivity index (χ1n) is 6.21. The van der Waals surface area contributed by atoms with Gasteiger partial charge in [-0.3, -0.25) is 4.79 Å². The molecular weight excluding hydrogens is 329 g/mol. The highest BCUT2D eigenvalue weighted by Crippen LogP contribution is 2.25. The minimum Gasteiger partial charge on any atom is -0.325 e. The fourth-order valence-corrected chi connectivity index (χ4v) is 2.89. The summed E-state index contributed by atoms with van der Waals surface area (Å²) in [7, 11) is 0. The summed E-state index contributed by atoms with van der Waals surface area (Å²) < 4.78 is 0. The maximum Gasteiger partial charge on any atom is 0.225 e. The fourth-order valence-electron chi connectivity index (χ4n) is 1.56. The zero-order valence-electron chi connectivity index (χ0n) is 11.3. The van der Waals surface area contributed by atoms with Gasteiger partial charge in [0.25, 0.3) is 0 Å². The molecule has 0 radical (unpaired) electrons. The molecule has 0 unspecified atom stereocenters. The van der Waals surface area contributed by atoms with E-state index in [-0.39, 0.29) is 5.91 Å². The van der Waals surface area contributed by atoms with E-state index in [4.69, 9.17) is 23.2 Å². The molecular formula is C14H13Cl2N3OS. The van der Waals surface area contributed by atoms with Gasteiger partial charge >= 0.3 is 0 Å². The van der Waals surface area contributed by atoms with Crippen LogP contribution in [-0.2, 0) is 4.79 Å². The number of nitrogens with zero attached hydrogens (tertiary/aromatic N) is 2. The third-order valence-corrected chi connectivity index (χ3v) is 4.04. The third-order valence-electron chi connectivity index (χ3n) is 2.56. The van der Waals surface area contributed by atoms with Crippen LogP contribution < -0.4 is 5.32 Å². The van der Waals surface area contributed by atoms with Crippen LogP contribution in [0.1, 0.15) is 12.1 Å². The molecule has 0 bridgehead atoms. The van der Waals surface area contributed by atoms with Crippen molar-refractivity contribution in [2.45, 2.75) is 18.4 Å². The number of aromatic nitrogens is 2. The number of aryl methyl sites for hydroxylation is 1. The van der Waals surface area contributed by atoms with Gasteiger partial charge in [0, 0.05) is 22.9 Å². The molecule has 1 aromatic carbocycles. The first-order valence-corrected chi connectivity index (χ1v) is 7.95. The molecule has 0 aliphatic heterocycles. The molecule has 2 aromatic rings. The van der Waals surface area contributed by atoms with Crippen LogP contribution in [0.5, 0.6) is 0 Å². The lowest BCUT2D eigenvalue weighted by atomic mass is 10.3. The van der Waals surface area contributed by atoms with Crippen molar-refractivity contribution >= 4 is 46.6 Å². The number of rotatable bonds is 5. The molecule has 4 nitrogen and oxygen atoms in total. The maximum atomic E-state index is 11.9. The standard InChI is InChI=1S/C14H13Cl2N3OS/c1-9-6-14(18-8-17-9)21-5-4-13(20)19-12-3-2-10(15)7-11(12)16/h2-3,6-8H,4-5H2,1H3,(H,19,20). The van der Waals surface area contributed by atoms with Gasteiger partial charge in [-0.05, 0) is 31.2 Å². The number of benzene rings is 1. The molecule has 2 rings (SSSR count). The summed E-state index contributed by atoms with van der Waals surface area (Å²) in [5, 5.41) is 4.58. The van der Waals surface area contributed by atoms with E-state index < -0.39 is 0 Å². The van der Waals surface area contributed by atoms with Crippen molar-refractivity contribution in [3.63, 3.8) is 0 Å². The predicted molar refractivity (Wildman–Crippen MR) is 87.2 cm³/mol. The lowest BCUT2D eigenvalue weighted by molar-refractivity contribution is -0.115. The predicted octanol–water partition coefficient (Wildman–Crippen LogP) is 4.21. The van der Waals surface area contributed by atoms with Gasteiger partial charge < -0.3 is 5.32 Å². The molecule has 110 valence electrons. The normalized spacial score (nSPS) is 10.4. The molecule has 1 amide bonds. The Hall–Kier alpha value is -1.30. The van der Waals surface area contributed by atoms with Crippen LogP contribution in [0.25, 0.3) is 0 Å². The van der Waals surface area contributed by atoms with Crippen LogP contribution in [0, 0.1) is 6.92 Å². The lowest BCUT2D eigenvalue weighted by Gasteiger charge is -2.07. The maximum absolute atomic E-state index is 11.9. The topological polar surface area (TPSA) is 54.9 Å². The van der Waals surface area contributed by atoms with Crippen molar-refractivity contribution < 1.29 is 4.79 Å². The minimum absolute atomic E-state index is 0.0995. The molecule has 0 saturated heterocycles. The van der Waals surface area contributed by atoms with Crippen molar-refractivity contribution in [3.8, 4) is 0 Å². The highest BCUT2D eigenvalue weighted by atomic mass is 35.5. The molecule has 0 saturated carbocycles. The number of anilines is 1. The van der Waals surface area contributed by atoms with Gasteiger partial charge in [-0.1, -0.05) is 23.2 Å². The molecule has 1 aromatic heterocycles. The summed E-state index contributed by atoms with van der Waals surface area (Å²) in [6, 6.07) is 6.85. The van der Waals surface area contributed by atoms with E-state index in [0.29, 0.717) is 27.9 Å². The van der Waals surface area contributed by atoms with Gasteiger partial charge in [-0.25, -0.2) is 9.97 Å². The Morgan fingerprint density at radius 1 is 1.29 bits per heavy atom. The average Bonchev–Trinajstić information content (AvgIpc) is 2.42. The number of carbonyl (C=O) groups is 1. The summed E-state index contributed by atoms with van der Waals surface area (Å²) in [6.07, 6.45) is 1.89. The number of hydrogen-bond donors (Lipinski definition) is 1. The zero-order valence-corrected chi connectivity index (χ0v) is 13.6. The Balaban J connectivity index is 1.82. The highest BCUT2D eigenvalue weighted by molar-refractivity contribution is 7.99. The van der Waals surface area contributed by atoms with E-state index in [0.717, 1.165) is 10.7 Å². The molecule has 1 heterocycles.